The molecule has 0 saturated carbocycles. The second-order valence-corrected chi connectivity index (χ2v) is 4.96. The first-order valence-electron chi connectivity index (χ1n) is 7.39. The minimum Gasteiger partial charge on any atom is -0.369 e. The van der Waals surface area contributed by atoms with E-state index in [-0.39, 0.29) is 0 Å². The summed E-state index contributed by atoms with van der Waals surface area (Å²) >= 11 is 0. The molecule has 21 heavy (non-hydrogen) atoms. The highest BCUT2D eigenvalue weighted by Crippen LogP contribution is 2.27. The van der Waals surface area contributed by atoms with Crippen molar-refractivity contribution in [1.29, 1.82) is 0 Å². The maximum absolute atomic E-state index is 6.14. The van der Waals surface area contributed by atoms with Gasteiger partial charge in [-0.3, -0.25) is 9.89 Å². The first-order chi connectivity index (χ1) is 10.2. The van der Waals surface area contributed by atoms with E-state index in [1.807, 2.05) is 4.90 Å². The molecule has 2 aromatic rings. The number of aliphatic imine (C=N–C) groups is 1. The average molecular weight is 281 g/mol. The fraction of sp³-hybridized carbons (Fsp3) is 0.278. The van der Waals surface area contributed by atoms with E-state index in [9.17, 15) is 0 Å². The van der Waals surface area contributed by atoms with Crippen molar-refractivity contribution in [3.8, 4) is 0 Å². The van der Waals surface area contributed by atoms with Crippen molar-refractivity contribution in [3.05, 3.63) is 59.7 Å². The Morgan fingerprint density at radius 2 is 1.43 bits per heavy atom. The zero-order valence-corrected chi connectivity index (χ0v) is 13.0. The maximum Gasteiger partial charge on any atom is 0.200 e. The quantitative estimate of drug-likeness (QED) is 0.682. The van der Waals surface area contributed by atoms with Crippen LogP contribution in [0.1, 0.15) is 25.0 Å². The van der Waals surface area contributed by atoms with E-state index in [1.54, 1.807) is 7.05 Å². The van der Waals surface area contributed by atoms with Gasteiger partial charge in [0.2, 0.25) is 0 Å². The topological polar surface area (TPSA) is 41.6 Å². The Hall–Kier alpha value is -2.29. The number of nitrogens with zero attached hydrogens (tertiary/aromatic N) is 2. The summed E-state index contributed by atoms with van der Waals surface area (Å²) in [7, 11) is 1.72. The number of guanidine groups is 1. The SMILES string of the molecule is CCc1cccc(N(C(N)=NC)c2cccc(CC)c2)c1. The molecule has 0 aliphatic heterocycles. The van der Waals surface area contributed by atoms with Crippen LogP contribution in [0.3, 0.4) is 0 Å². The summed E-state index contributed by atoms with van der Waals surface area (Å²) in [4.78, 5) is 6.17. The summed E-state index contributed by atoms with van der Waals surface area (Å²) in [6.07, 6.45) is 2.00. The Morgan fingerprint density at radius 3 is 1.81 bits per heavy atom. The van der Waals surface area contributed by atoms with E-state index in [4.69, 9.17) is 5.73 Å². The number of hydrogen-bond acceptors (Lipinski definition) is 1. The van der Waals surface area contributed by atoms with Crippen LogP contribution in [0.2, 0.25) is 0 Å². The van der Waals surface area contributed by atoms with Gasteiger partial charge < -0.3 is 5.73 Å². The van der Waals surface area contributed by atoms with E-state index in [2.05, 4.69) is 67.4 Å². The van der Waals surface area contributed by atoms with Crippen molar-refractivity contribution in [2.24, 2.45) is 10.7 Å². The zero-order chi connectivity index (χ0) is 15.2. The molecule has 110 valence electrons. The number of hydrogen-bond donors (Lipinski definition) is 1. The van der Waals surface area contributed by atoms with Crippen molar-refractivity contribution in [3.63, 3.8) is 0 Å². The van der Waals surface area contributed by atoms with E-state index < -0.39 is 0 Å². The molecule has 0 radical (unpaired) electrons. The fourth-order valence-corrected chi connectivity index (χ4v) is 2.34. The monoisotopic (exact) mass is 281 g/mol. The number of benzene rings is 2. The lowest BCUT2D eigenvalue weighted by Crippen LogP contribution is -2.33. The van der Waals surface area contributed by atoms with Crippen LogP contribution in [0, 0.1) is 0 Å². The van der Waals surface area contributed by atoms with Crippen LogP contribution in [0.25, 0.3) is 0 Å². The predicted molar refractivity (Wildman–Crippen MR) is 91.3 cm³/mol. The largest absolute Gasteiger partial charge is 0.369 e. The van der Waals surface area contributed by atoms with Gasteiger partial charge in [0.15, 0.2) is 5.96 Å². The van der Waals surface area contributed by atoms with Crippen LogP contribution in [0.15, 0.2) is 53.5 Å². The molecule has 3 heteroatoms. The summed E-state index contributed by atoms with van der Waals surface area (Å²) in [5.41, 5.74) is 10.8. The third-order valence-electron chi connectivity index (χ3n) is 3.61. The summed E-state index contributed by atoms with van der Waals surface area (Å²) in [5.74, 6) is 0.497. The smallest absolute Gasteiger partial charge is 0.200 e. The fourth-order valence-electron chi connectivity index (χ4n) is 2.34. The Morgan fingerprint density at radius 1 is 0.952 bits per heavy atom. The molecular weight excluding hydrogens is 258 g/mol. The second-order valence-electron chi connectivity index (χ2n) is 4.96. The maximum atomic E-state index is 6.14. The van der Waals surface area contributed by atoms with E-state index in [0.717, 1.165) is 24.2 Å². The predicted octanol–water partition coefficient (Wildman–Crippen LogP) is 3.89. The number of rotatable bonds is 4. The molecule has 0 bridgehead atoms. The van der Waals surface area contributed by atoms with Crippen LogP contribution >= 0.6 is 0 Å². The first kappa shape index (κ1) is 15.1. The van der Waals surface area contributed by atoms with Crippen LogP contribution in [-0.2, 0) is 12.8 Å². The van der Waals surface area contributed by atoms with Gasteiger partial charge in [0.05, 0.1) is 0 Å². The molecule has 0 aromatic heterocycles. The van der Waals surface area contributed by atoms with Crippen molar-refractivity contribution in [1.82, 2.24) is 0 Å². The Bertz CT molecular complexity index is 584. The highest BCUT2D eigenvalue weighted by atomic mass is 15.3. The minimum atomic E-state index is 0.497. The third kappa shape index (κ3) is 3.43. The van der Waals surface area contributed by atoms with E-state index >= 15 is 0 Å². The number of anilines is 2. The summed E-state index contributed by atoms with van der Waals surface area (Å²) in [5, 5.41) is 0. The van der Waals surface area contributed by atoms with Crippen LogP contribution < -0.4 is 10.6 Å². The molecule has 0 spiro atoms. The minimum absolute atomic E-state index is 0.497. The van der Waals surface area contributed by atoms with Crippen LogP contribution in [-0.4, -0.2) is 13.0 Å². The molecular formula is C18H23N3. The van der Waals surface area contributed by atoms with E-state index in [0.29, 0.717) is 5.96 Å². The number of aryl methyl sites for hydroxylation is 2. The van der Waals surface area contributed by atoms with Crippen molar-refractivity contribution < 1.29 is 0 Å². The standard InChI is InChI=1S/C18H23N3/c1-4-14-8-6-10-16(12-14)21(18(19)20-3)17-11-7-9-15(5-2)13-17/h6-13H,4-5H2,1-3H3,(H2,19,20). The molecule has 0 saturated heterocycles. The molecule has 0 fully saturated rings. The van der Waals surface area contributed by atoms with Gasteiger partial charge in [-0.2, -0.15) is 0 Å². The molecule has 0 unspecified atom stereocenters. The summed E-state index contributed by atoms with van der Waals surface area (Å²) in [6.45, 7) is 4.30. The lowest BCUT2D eigenvalue weighted by atomic mass is 10.1. The third-order valence-corrected chi connectivity index (χ3v) is 3.61. The van der Waals surface area contributed by atoms with Gasteiger partial charge in [0.1, 0.15) is 0 Å². The van der Waals surface area contributed by atoms with Crippen LogP contribution in [0.4, 0.5) is 11.4 Å². The molecule has 0 amide bonds. The van der Waals surface area contributed by atoms with Gasteiger partial charge in [-0.25, -0.2) is 0 Å². The van der Waals surface area contributed by atoms with Crippen molar-refractivity contribution in [2.45, 2.75) is 26.7 Å². The molecule has 0 atom stereocenters. The van der Waals surface area contributed by atoms with Crippen molar-refractivity contribution >= 4 is 17.3 Å². The molecule has 0 heterocycles. The lowest BCUT2D eigenvalue weighted by Gasteiger charge is -2.24. The Labute approximate surface area is 127 Å². The highest BCUT2D eigenvalue weighted by Gasteiger charge is 2.13. The first-order valence-corrected chi connectivity index (χ1v) is 7.39. The van der Waals surface area contributed by atoms with Crippen LogP contribution in [0.5, 0.6) is 0 Å². The zero-order valence-electron chi connectivity index (χ0n) is 13.0. The van der Waals surface area contributed by atoms with Gasteiger partial charge in [-0.15, -0.1) is 0 Å². The van der Waals surface area contributed by atoms with E-state index in [1.165, 1.54) is 11.1 Å². The normalized spacial score (nSPS) is 11.5. The Kier molecular flexibility index (Phi) is 4.99. The molecule has 2 aromatic carbocycles. The lowest BCUT2D eigenvalue weighted by molar-refractivity contribution is 1.12. The Balaban J connectivity index is 2.52. The van der Waals surface area contributed by atoms with Gasteiger partial charge in [0.25, 0.3) is 0 Å². The van der Waals surface area contributed by atoms with Gasteiger partial charge in [-0.1, -0.05) is 38.1 Å². The average Bonchev–Trinajstić information content (AvgIpc) is 2.55. The second kappa shape index (κ2) is 6.93. The molecule has 0 aliphatic carbocycles. The molecule has 0 aliphatic rings. The molecule has 2 rings (SSSR count). The molecule has 3 nitrogen and oxygen atoms in total. The summed E-state index contributed by atoms with van der Waals surface area (Å²) < 4.78 is 0. The van der Waals surface area contributed by atoms with Crippen molar-refractivity contribution in [2.75, 3.05) is 11.9 Å². The van der Waals surface area contributed by atoms with Gasteiger partial charge in [-0.05, 0) is 48.2 Å². The molecule has 2 N–H and O–H groups in total. The van der Waals surface area contributed by atoms with Gasteiger partial charge in [0, 0.05) is 18.4 Å². The number of nitrogens with two attached hydrogens (primary N) is 1. The highest BCUT2D eigenvalue weighted by molar-refractivity contribution is 6.01. The summed E-state index contributed by atoms with van der Waals surface area (Å²) in [6, 6.07) is 16.8. The van der Waals surface area contributed by atoms with Gasteiger partial charge >= 0.3 is 0 Å².